The van der Waals surface area contributed by atoms with Crippen LogP contribution < -0.4 is 11.1 Å². The molecule has 0 fully saturated rings. The number of aromatic amines is 1. The lowest BCUT2D eigenvalue weighted by Gasteiger charge is -2.08. The van der Waals surface area contributed by atoms with Crippen molar-refractivity contribution in [3.05, 3.63) is 94.9 Å². The number of fused-ring (bicyclic) bond motifs is 2. The van der Waals surface area contributed by atoms with Crippen LogP contribution in [0.5, 0.6) is 0 Å². The fraction of sp³-hybridized carbons (Fsp3) is 0.120. The predicted molar refractivity (Wildman–Crippen MR) is 125 cm³/mol. The molecule has 3 heterocycles. The van der Waals surface area contributed by atoms with E-state index >= 15 is 0 Å². The SMILES string of the molecule is Cc1cnc2ccc(Cc3cc(C(=O)NCc4ccc5c(N)n[nH]c5c4)ccn3)cc2c1. The normalized spacial score (nSPS) is 11.2. The number of H-pyrrole nitrogens is 1. The highest BCUT2D eigenvalue weighted by molar-refractivity contribution is 5.94. The number of benzene rings is 2. The van der Waals surface area contributed by atoms with Crippen molar-refractivity contribution in [3.63, 3.8) is 0 Å². The van der Waals surface area contributed by atoms with Gasteiger partial charge in [-0.15, -0.1) is 0 Å². The molecule has 2 aromatic carbocycles. The second kappa shape index (κ2) is 8.11. The van der Waals surface area contributed by atoms with Crippen LogP contribution in [0.15, 0.2) is 67.0 Å². The van der Waals surface area contributed by atoms with Crippen molar-refractivity contribution in [2.24, 2.45) is 0 Å². The Morgan fingerprint density at radius 1 is 1.03 bits per heavy atom. The van der Waals surface area contributed by atoms with E-state index in [9.17, 15) is 4.79 Å². The van der Waals surface area contributed by atoms with Gasteiger partial charge in [-0.25, -0.2) is 0 Å². The molecule has 0 unspecified atom stereocenters. The van der Waals surface area contributed by atoms with E-state index in [0.717, 1.165) is 44.2 Å². The molecule has 0 aliphatic carbocycles. The Balaban J connectivity index is 1.29. The van der Waals surface area contributed by atoms with Gasteiger partial charge in [-0.3, -0.25) is 19.9 Å². The largest absolute Gasteiger partial charge is 0.382 e. The van der Waals surface area contributed by atoms with Gasteiger partial charge in [-0.2, -0.15) is 5.10 Å². The summed E-state index contributed by atoms with van der Waals surface area (Å²) in [5, 5.41) is 11.8. The van der Waals surface area contributed by atoms with Crippen LogP contribution in [0.2, 0.25) is 0 Å². The van der Waals surface area contributed by atoms with Gasteiger partial charge in [0, 0.05) is 47.4 Å². The van der Waals surface area contributed by atoms with Crippen LogP contribution in [0.3, 0.4) is 0 Å². The Morgan fingerprint density at radius 3 is 2.81 bits per heavy atom. The van der Waals surface area contributed by atoms with Gasteiger partial charge >= 0.3 is 0 Å². The third-order valence-corrected chi connectivity index (χ3v) is 5.46. The molecule has 7 nitrogen and oxygen atoms in total. The van der Waals surface area contributed by atoms with Crippen LogP contribution in [0, 0.1) is 6.92 Å². The van der Waals surface area contributed by atoms with Crippen molar-refractivity contribution in [2.75, 3.05) is 5.73 Å². The Labute approximate surface area is 184 Å². The molecule has 4 N–H and O–H groups in total. The van der Waals surface area contributed by atoms with Gasteiger partial charge in [0.2, 0.25) is 0 Å². The van der Waals surface area contributed by atoms with Gasteiger partial charge in [-0.1, -0.05) is 12.1 Å². The molecule has 3 aromatic heterocycles. The first-order valence-corrected chi connectivity index (χ1v) is 10.4. The zero-order chi connectivity index (χ0) is 22.1. The molecule has 32 heavy (non-hydrogen) atoms. The average Bonchev–Trinajstić information content (AvgIpc) is 3.17. The number of nitrogens with one attached hydrogen (secondary N) is 2. The summed E-state index contributed by atoms with van der Waals surface area (Å²) in [6.45, 7) is 2.44. The van der Waals surface area contributed by atoms with Crippen molar-refractivity contribution < 1.29 is 4.79 Å². The molecule has 1 amide bonds. The predicted octanol–water partition coefficient (Wildman–Crippen LogP) is 3.92. The first-order chi connectivity index (χ1) is 15.5. The maximum absolute atomic E-state index is 12.7. The molecule has 5 aromatic rings. The number of carbonyl (C=O) groups excluding carboxylic acids is 1. The van der Waals surface area contributed by atoms with Crippen molar-refractivity contribution in [1.82, 2.24) is 25.5 Å². The fourth-order valence-corrected chi connectivity index (χ4v) is 3.81. The number of aryl methyl sites for hydroxylation is 1. The lowest BCUT2D eigenvalue weighted by Crippen LogP contribution is -2.23. The van der Waals surface area contributed by atoms with Crippen molar-refractivity contribution in [2.45, 2.75) is 19.9 Å². The maximum Gasteiger partial charge on any atom is 0.251 e. The van der Waals surface area contributed by atoms with Crippen LogP contribution in [-0.4, -0.2) is 26.1 Å². The van der Waals surface area contributed by atoms with Gasteiger partial charge < -0.3 is 11.1 Å². The first-order valence-electron chi connectivity index (χ1n) is 10.4. The molecule has 0 saturated carbocycles. The van der Waals surface area contributed by atoms with Gasteiger partial charge in [0.1, 0.15) is 0 Å². The number of aromatic nitrogens is 4. The Hall–Kier alpha value is -4.26. The highest BCUT2D eigenvalue weighted by Crippen LogP contribution is 2.19. The van der Waals surface area contributed by atoms with Gasteiger partial charge in [-0.05, 0) is 66.1 Å². The first kappa shape index (κ1) is 19.7. The number of nitrogen functional groups attached to an aromatic ring is 1. The number of rotatable bonds is 5. The quantitative estimate of drug-likeness (QED) is 0.398. The van der Waals surface area contributed by atoms with Crippen LogP contribution >= 0.6 is 0 Å². The minimum Gasteiger partial charge on any atom is -0.382 e. The third-order valence-electron chi connectivity index (χ3n) is 5.46. The van der Waals surface area contributed by atoms with Crippen molar-refractivity contribution in [3.8, 4) is 0 Å². The molecule has 5 rings (SSSR count). The zero-order valence-electron chi connectivity index (χ0n) is 17.6. The summed E-state index contributed by atoms with van der Waals surface area (Å²) < 4.78 is 0. The average molecular weight is 422 g/mol. The molecule has 0 aliphatic heterocycles. The number of pyridine rings is 2. The number of hydrogen-bond donors (Lipinski definition) is 3. The van der Waals surface area contributed by atoms with Gasteiger partial charge in [0.25, 0.3) is 5.91 Å². The van der Waals surface area contributed by atoms with E-state index in [2.05, 4.69) is 43.7 Å². The standard InChI is InChI=1S/C25H22N6O/c1-15-8-19-9-16(3-5-22(19)28-13-15)10-20-12-18(6-7-27-20)25(32)29-14-17-2-4-21-23(11-17)30-31-24(21)26/h2-9,11-13H,10,14H2,1H3,(H,29,32)(H3,26,30,31). The third kappa shape index (κ3) is 4.00. The molecule has 0 spiro atoms. The molecule has 0 aliphatic rings. The van der Waals surface area contributed by atoms with Crippen LogP contribution in [-0.2, 0) is 13.0 Å². The van der Waals surface area contributed by atoms with Crippen molar-refractivity contribution in [1.29, 1.82) is 0 Å². The number of carbonyl (C=O) groups is 1. The Kier molecular flexibility index (Phi) is 4.99. The van der Waals surface area contributed by atoms with Gasteiger partial charge in [0.05, 0.1) is 11.0 Å². The highest BCUT2D eigenvalue weighted by atomic mass is 16.1. The van der Waals surface area contributed by atoms with E-state index in [1.807, 2.05) is 43.5 Å². The topological polar surface area (TPSA) is 110 Å². The van der Waals surface area contributed by atoms with E-state index < -0.39 is 0 Å². The summed E-state index contributed by atoms with van der Waals surface area (Å²) in [7, 11) is 0. The molecule has 0 radical (unpaired) electrons. The maximum atomic E-state index is 12.7. The number of amides is 1. The molecule has 158 valence electrons. The second-order valence-electron chi connectivity index (χ2n) is 7.92. The second-order valence-corrected chi connectivity index (χ2v) is 7.92. The fourth-order valence-electron chi connectivity index (χ4n) is 3.81. The minimum absolute atomic E-state index is 0.142. The zero-order valence-corrected chi connectivity index (χ0v) is 17.6. The molecular formula is C25H22N6O. The monoisotopic (exact) mass is 422 g/mol. The summed E-state index contributed by atoms with van der Waals surface area (Å²) in [4.78, 5) is 21.6. The summed E-state index contributed by atoms with van der Waals surface area (Å²) in [6.07, 6.45) is 4.19. The molecule has 0 bridgehead atoms. The van der Waals surface area contributed by atoms with E-state index in [1.54, 1.807) is 12.3 Å². The van der Waals surface area contributed by atoms with E-state index in [4.69, 9.17) is 5.73 Å². The minimum atomic E-state index is -0.142. The lowest BCUT2D eigenvalue weighted by molar-refractivity contribution is 0.0950. The number of nitrogens with zero attached hydrogens (tertiary/aromatic N) is 3. The van der Waals surface area contributed by atoms with Crippen LogP contribution in [0.1, 0.15) is 32.7 Å². The van der Waals surface area contributed by atoms with Crippen LogP contribution in [0.4, 0.5) is 5.82 Å². The van der Waals surface area contributed by atoms with E-state index in [0.29, 0.717) is 24.3 Å². The van der Waals surface area contributed by atoms with Crippen LogP contribution in [0.25, 0.3) is 21.8 Å². The molecule has 0 saturated heterocycles. The number of nitrogens with two attached hydrogens (primary N) is 1. The number of anilines is 1. The van der Waals surface area contributed by atoms with Gasteiger partial charge in [0.15, 0.2) is 5.82 Å². The summed E-state index contributed by atoms with van der Waals surface area (Å²) >= 11 is 0. The summed E-state index contributed by atoms with van der Waals surface area (Å²) in [5.41, 5.74) is 12.3. The molecular weight excluding hydrogens is 400 g/mol. The molecule has 7 heteroatoms. The van der Waals surface area contributed by atoms with E-state index in [-0.39, 0.29) is 5.91 Å². The molecule has 0 atom stereocenters. The highest BCUT2D eigenvalue weighted by Gasteiger charge is 2.09. The summed E-state index contributed by atoms with van der Waals surface area (Å²) in [6, 6.07) is 17.7. The number of hydrogen-bond acceptors (Lipinski definition) is 5. The lowest BCUT2D eigenvalue weighted by atomic mass is 10.0. The smallest absolute Gasteiger partial charge is 0.251 e. The Bertz CT molecular complexity index is 1460. The Morgan fingerprint density at radius 2 is 1.91 bits per heavy atom. The summed E-state index contributed by atoms with van der Waals surface area (Å²) in [5.74, 6) is 0.328. The van der Waals surface area contributed by atoms with Crippen molar-refractivity contribution >= 4 is 33.5 Å². The van der Waals surface area contributed by atoms with E-state index in [1.165, 1.54) is 0 Å².